The number of anilines is 1. The molecule has 0 aliphatic heterocycles. The molecule has 0 saturated heterocycles. The Labute approximate surface area is 92.4 Å². The number of aliphatic imine (C=N–C) groups is 1. The number of unbranched alkanes of at least 4 members (excludes halogenated alkanes) is 1. The first-order valence-electron chi connectivity index (χ1n) is 5.66. The van der Waals surface area contributed by atoms with Crippen molar-refractivity contribution in [1.82, 2.24) is 0 Å². The second-order valence-electron chi connectivity index (χ2n) is 3.78. The summed E-state index contributed by atoms with van der Waals surface area (Å²) in [6, 6.07) is 10.5. The van der Waals surface area contributed by atoms with Crippen LogP contribution in [0.2, 0.25) is 0 Å². The summed E-state index contributed by atoms with van der Waals surface area (Å²) in [5.74, 6) is 0. The van der Waals surface area contributed by atoms with Crippen molar-refractivity contribution < 1.29 is 0 Å². The van der Waals surface area contributed by atoms with Crippen LogP contribution in [0.5, 0.6) is 0 Å². The van der Waals surface area contributed by atoms with Crippen LogP contribution in [-0.2, 0) is 0 Å². The van der Waals surface area contributed by atoms with Gasteiger partial charge in [-0.25, -0.2) is 0 Å². The number of rotatable bonds is 6. The minimum absolute atomic E-state index is 0.418. The lowest BCUT2D eigenvalue weighted by atomic mass is 10.1. The summed E-state index contributed by atoms with van der Waals surface area (Å²) >= 11 is 0. The molecule has 2 heteroatoms. The lowest BCUT2D eigenvalue weighted by molar-refractivity contribution is 0.619. The van der Waals surface area contributed by atoms with Gasteiger partial charge in [0.25, 0.3) is 0 Å². The monoisotopic (exact) mass is 204 g/mol. The second kappa shape index (κ2) is 7.04. The van der Waals surface area contributed by atoms with Crippen molar-refractivity contribution in [1.29, 1.82) is 0 Å². The highest BCUT2D eigenvalue weighted by atomic mass is 14.9. The molecule has 2 nitrogen and oxygen atoms in total. The molecule has 15 heavy (non-hydrogen) atoms. The van der Waals surface area contributed by atoms with Gasteiger partial charge < -0.3 is 5.32 Å². The van der Waals surface area contributed by atoms with Crippen LogP contribution in [0, 0.1) is 0 Å². The minimum Gasteiger partial charge on any atom is -0.347 e. The third-order valence-electron chi connectivity index (χ3n) is 2.31. The fraction of sp³-hybridized carbons (Fsp3) is 0.462. The van der Waals surface area contributed by atoms with Crippen LogP contribution in [0.15, 0.2) is 35.3 Å². The van der Waals surface area contributed by atoms with Gasteiger partial charge in [-0.15, -0.1) is 0 Å². The van der Waals surface area contributed by atoms with Gasteiger partial charge in [0.15, 0.2) is 0 Å². The number of nitrogens with zero attached hydrogens (tertiary/aromatic N) is 1. The average molecular weight is 204 g/mol. The number of nitrogens with one attached hydrogen (secondary N) is 1. The average Bonchev–Trinajstić information content (AvgIpc) is 2.28. The summed E-state index contributed by atoms with van der Waals surface area (Å²) in [5, 5.41) is 3.16. The van der Waals surface area contributed by atoms with Crippen LogP contribution in [0.4, 0.5) is 5.69 Å². The fourth-order valence-electron chi connectivity index (χ4n) is 1.35. The maximum atomic E-state index is 4.42. The molecule has 0 heterocycles. The van der Waals surface area contributed by atoms with Crippen molar-refractivity contribution in [3.8, 4) is 0 Å². The number of hydrogen-bond donors (Lipinski definition) is 1. The Hall–Kier alpha value is -1.31. The van der Waals surface area contributed by atoms with Crippen molar-refractivity contribution in [2.24, 2.45) is 4.99 Å². The first-order chi connectivity index (χ1) is 7.33. The molecule has 1 unspecified atom stereocenters. The normalized spacial score (nSPS) is 12.9. The summed E-state index contributed by atoms with van der Waals surface area (Å²) in [5.41, 5.74) is 1.09. The Morgan fingerprint density at radius 3 is 2.73 bits per heavy atom. The molecule has 0 saturated carbocycles. The predicted molar refractivity (Wildman–Crippen MR) is 67.5 cm³/mol. The summed E-state index contributed by atoms with van der Waals surface area (Å²) in [7, 11) is 0. The maximum absolute atomic E-state index is 4.42. The second-order valence-corrected chi connectivity index (χ2v) is 3.78. The molecule has 0 spiro atoms. The Bertz CT molecular complexity index is 280. The van der Waals surface area contributed by atoms with Gasteiger partial charge in [0.2, 0.25) is 0 Å². The van der Waals surface area contributed by atoms with Gasteiger partial charge in [-0.3, -0.25) is 4.99 Å². The molecular weight excluding hydrogens is 184 g/mol. The van der Waals surface area contributed by atoms with Crippen molar-refractivity contribution in [2.45, 2.75) is 39.2 Å². The molecule has 0 aliphatic rings. The van der Waals surface area contributed by atoms with Crippen molar-refractivity contribution in [2.75, 3.05) is 5.32 Å². The molecule has 1 aromatic carbocycles. The molecule has 0 aromatic heterocycles. The SMILES string of the molecule is CCCCC(C)N=CNc1ccccc1. The van der Waals surface area contributed by atoms with E-state index in [2.05, 4.69) is 24.2 Å². The van der Waals surface area contributed by atoms with Gasteiger partial charge in [-0.1, -0.05) is 38.0 Å². The van der Waals surface area contributed by atoms with Crippen LogP contribution >= 0.6 is 0 Å². The van der Waals surface area contributed by atoms with Gasteiger partial charge in [0, 0.05) is 11.7 Å². The van der Waals surface area contributed by atoms with Gasteiger partial charge >= 0.3 is 0 Å². The fourth-order valence-corrected chi connectivity index (χ4v) is 1.35. The molecule has 1 N–H and O–H groups in total. The zero-order chi connectivity index (χ0) is 10.9. The standard InChI is InChI=1S/C13H20N2/c1-3-4-8-12(2)14-11-15-13-9-6-5-7-10-13/h5-7,9-12H,3-4,8H2,1-2H3,(H,14,15). The topological polar surface area (TPSA) is 24.4 Å². The molecule has 1 atom stereocenters. The molecule has 1 rings (SSSR count). The van der Waals surface area contributed by atoms with E-state index in [9.17, 15) is 0 Å². The molecule has 0 radical (unpaired) electrons. The van der Waals surface area contributed by atoms with E-state index in [1.807, 2.05) is 30.3 Å². The van der Waals surface area contributed by atoms with Crippen molar-refractivity contribution in [3.05, 3.63) is 30.3 Å². The van der Waals surface area contributed by atoms with Crippen LogP contribution in [0.25, 0.3) is 0 Å². The summed E-state index contributed by atoms with van der Waals surface area (Å²) < 4.78 is 0. The van der Waals surface area contributed by atoms with Gasteiger partial charge in [-0.2, -0.15) is 0 Å². The minimum atomic E-state index is 0.418. The highest BCUT2D eigenvalue weighted by Crippen LogP contribution is 2.05. The van der Waals surface area contributed by atoms with Crippen LogP contribution in [-0.4, -0.2) is 12.4 Å². The Kier molecular flexibility index (Phi) is 5.52. The number of benzene rings is 1. The van der Waals surface area contributed by atoms with Crippen LogP contribution in [0.3, 0.4) is 0 Å². The Morgan fingerprint density at radius 2 is 2.07 bits per heavy atom. The summed E-state index contributed by atoms with van der Waals surface area (Å²) in [6.07, 6.45) is 5.47. The Balaban J connectivity index is 2.27. The van der Waals surface area contributed by atoms with Crippen LogP contribution in [0.1, 0.15) is 33.1 Å². The molecule has 82 valence electrons. The first kappa shape index (κ1) is 11.8. The lowest BCUT2D eigenvalue weighted by Crippen LogP contribution is -2.02. The lowest BCUT2D eigenvalue weighted by Gasteiger charge is -2.04. The van der Waals surface area contributed by atoms with E-state index in [1.54, 1.807) is 6.34 Å². The summed E-state index contributed by atoms with van der Waals surface area (Å²) in [4.78, 5) is 4.42. The van der Waals surface area contributed by atoms with Crippen LogP contribution < -0.4 is 5.32 Å². The first-order valence-corrected chi connectivity index (χ1v) is 5.66. The smallest absolute Gasteiger partial charge is 0.0871 e. The van der Waals surface area contributed by atoms with Crippen molar-refractivity contribution >= 4 is 12.0 Å². The third kappa shape index (κ3) is 5.21. The van der Waals surface area contributed by atoms with E-state index in [4.69, 9.17) is 0 Å². The van der Waals surface area contributed by atoms with E-state index in [-0.39, 0.29) is 0 Å². The highest BCUT2D eigenvalue weighted by Gasteiger charge is 1.95. The molecule has 0 bridgehead atoms. The van der Waals surface area contributed by atoms with Gasteiger partial charge in [-0.05, 0) is 25.5 Å². The maximum Gasteiger partial charge on any atom is 0.0871 e. The van der Waals surface area contributed by atoms with E-state index < -0.39 is 0 Å². The largest absolute Gasteiger partial charge is 0.347 e. The predicted octanol–water partition coefficient (Wildman–Crippen LogP) is 3.71. The zero-order valence-electron chi connectivity index (χ0n) is 9.61. The van der Waals surface area contributed by atoms with E-state index >= 15 is 0 Å². The highest BCUT2D eigenvalue weighted by molar-refractivity contribution is 5.75. The summed E-state index contributed by atoms with van der Waals surface area (Å²) in [6.45, 7) is 4.36. The van der Waals surface area contributed by atoms with E-state index in [0.717, 1.165) is 5.69 Å². The van der Waals surface area contributed by atoms with Gasteiger partial charge in [0.05, 0.1) is 6.34 Å². The third-order valence-corrected chi connectivity index (χ3v) is 2.31. The molecular formula is C13H20N2. The van der Waals surface area contributed by atoms with E-state index in [0.29, 0.717) is 6.04 Å². The quantitative estimate of drug-likeness (QED) is 0.554. The number of hydrogen-bond acceptors (Lipinski definition) is 1. The zero-order valence-corrected chi connectivity index (χ0v) is 9.61. The molecule has 0 aliphatic carbocycles. The van der Waals surface area contributed by atoms with Gasteiger partial charge in [0.1, 0.15) is 0 Å². The molecule has 0 fully saturated rings. The van der Waals surface area contributed by atoms with E-state index in [1.165, 1.54) is 19.3 Å². The molecule has 0 amide bonds. The molecule has 1 aromatic rings. The Morgan fingerprint density at radius 1 is 1.33 bits per heavy atom. The number of para-hydroxylation sites is 1. The van der Waals surface area contributed by atoms with Crippen molar-refractivity contribution in [3.63, 3.8) is 0 Å².